The van der Waals surface area contributed by atoms with E-state index in [9.17, 15) is 14.4 Å². The van der Waals surface area contributed by atoms with Crippen LogP contribution in [0, 0.1) is 0 Å². The van der Waals surface area contributed by atoms with Crippen molar-refractivity contribution >= 4 is 17.8 Å². The molecule has 0 aliphatic heterocycles. The second-order valence-corrected chi connectivity index (χ2v) is 5.51. The van der Waals surface area contributed by atoms with Gasteiger partial charge in [-0.05, 0) is 49.8 Å². The minimum Gasteiger partial charge on any atom is -0.449 e. The first-order chi connectivity index (χ1) is 11.1. The van der Waals surface area contributed by atoms with Crippen molar-refractivity contribution in [3.05, 3.63) is 34.9 Å². The van der Waals surface area contributed by atoms with E-state index in [0.29, 0.717) is 5.56 Å². The molecule has 0 fully saturated rings. The molecule has 0 spiro atoms. The topological polar surface area (TPSA) is 84.5 Å². The summed E-state index contributed by atoms with van der Waals surface area (Å²) in [4.78, 5) is 34.8. The Morgan fingerprint density at radius 2 is 1.78 bits per heavy atom. The van der Waals surface area contributed by atoms with Crippen molar-refractivity contribution in [2.24, 2.45) is 0 Å². The number of amides is 2. The van der Waals surface area contributed by atoms with Gasteiger partial charge < -0.3 is 4.74 Å². The summed E-state index contributed by atoms with van der Waals surface area (Å²) >= 11 is 0. The summed E-state index contributed by atoms with van der Waals surface area (Å²) in [6, 6.07) is 5.80. The SMILES string of the molecule is CCOC(=O)NNC(=O)CCC(=O)c1ccc2c(c1)CCCC2. The normalized spacial score (nSPS) is 12.9. The van der Waals surface area contributed by atoms with Gasteiger partial charge >= 0.3 is 6.09 Å². The Kier molecular flexibility index (Phi) is 6.14. The molecule has 0 saturated heterocycles. The lowest BCUT2D eigenvalue weighted by atomic mass is 9.89. The zero-order valence-electron chi connectivity index (χ0n) is 13.3. The molecule has 6 heteroatoms. The Bertz CT molecular complexity index is 598. The number of nitrogens with one attached hydrogen (secondary N) is 2. The molecular weight excluding hydrogens is 296 g/mol. The van der Waals surface area contributed by atoms with Gasteiger partial charge in [0.25, 0.3) is 0 Å². The van der Waals surface area contributed by atoms with E-state index in [-0.39, 0.29) is 25.2 Å². The van der Waals surface area contributed by atoms with E-state index < -0.39 is 12.0 Å². The van der Waals surface area contributed by atoms with E-state index in [1.165, 1.54) is 17.5 Å². The summed E-state index contributed by atoms with van der Waals surface area (Å²) < 4.78 is 4.61. The van der Waals surface area contributed by atoms with Crippen molar-refractivity contribution < 1.29 is 19.1 Å². The predicted octanol–water partition coefficient (Wildman–Crippen LogP) is 2.31. The van der Waals surface area contributed by atoms with Crippen molar-refractivity contribution in [2.75, 3.05) is 6.61 Å². The fourth-order valence-electron chi connectivity index (χ4n) is 2.63. The number of benzene rings is 1. The smallest absolute Gasteiger partial charge is 0.426 e. The third kappa shape index (κ3) is 5.09. The highest BCUT2D eigenvalue weighted by Gasteiger charge is 2.14. The molecule has 0 unspecified atom stereocenters. The van der Waals surface area contributed by atoms with Gasteiger partial charge in [0.05, 0.1) is 6.61 Å². The van der Waals surface area contributed by atoms with Gasteiger partial charge in [0.1, 0.15) is 0 Å². The number of carbonyl (C=O) groups excluding carboxylic acids is 3. The summed E-state index contributed by atoms with van der Waals surface area (Å²) in [6.07, 6.45) is 3.85. The van der Waals surface area contributed by atoms with Crippen molar-refractivity contribution in [3.63, 3.8) is 0 Å². The summed E-state index contributed by atoms with van der Waals surface area (Å²) in [6.45, 7) is 1.89. The summed E-state index contributed by atoms with van der Waals surface area (Å²) in [7, 11) is 0. The Morgan fingerprint density at radius 1 is 1.04 bits per heavy atom. The van der Waals surface area contributed by atoms with E-state index in [4.69, 9.17) is 0 Å². The van der Waals surface area contributed by atoms with Crippen LogP contribution >= 0.6 is 0 Å². The molecule has 0 heterocycles. The van der Waals surface area contributed by atoms with Crippen LogP contribution in [0.2, 0.25) is 0 Å². The van der Waals surface area contributed by atoms with E-state index in [2.05, 4.69) is 15.6 Å². The molecular formula is C17H22N2O4. The molecule has 0 bridgehead atoms. The second kappa shape index (κ2) is 8.31. The lowest BCUT2D eigenvalue weighted by Gasteiger charge is -2.16. The average molecular weight is 318 g/mol. The first-order valence-electron chi connectivity index (χ1n) is 7.96. The van der Waals surface area contributed by atoms with Crippen LogP contribution in [0.15, 0.2) is 18.2 Å². The average Bonchev–Trinajstić information content (AvgIpc) is 2.57. The van der Waals surface area contributed by atoms with E-state index in [0.717, 1.165) is 19.3 Å². The number of ether oxygens (including phenoxy) is 1. The van der Waals surface area contributed by atoms with Gasteiger partial charge in [0.2, 0.25) is 5.91 Å². The number of Topliss-reactive ketones (excluding diaryl/α,β-unsaturated/α-hetero) is 1. The number of ketones is 1. The summed E-state index contributed by atoms with van der Waals surface area (Å²) in [5, 5.41) is 0. The minimum atomic E-state index is -0.720. The van der Waals surface area contributed by atoms with Gasteiger partial charge in [-0.15, -0.1) is 0 Å². The van der Waals surface area contributed by atoms with Gasteiger partial charge in [0.15, 0.2) is 5.78 Å². The maximum absolute atomic E-state index is 12.2. The Balaban J connectivity index is 1.80. The van der Waals surface area contributed by atoms with Gasteiger partial charge in [-0.25, -0.2) is 10.2 Å². The number of hydrogen-bond donors (Lipinski definition) is 2. The fourth-order valence-corrected chi connectivity index (χ4v) is 2.63. The van der Waals surface area contributed by atoms with E-state index >= 15 is 0 Å². The largest absolute Gasteiger partial charge is 0.449 e. The van der Waals surface area contributed by atoms with Crippen LogP contribution < -0.4 is 10.9 Å². The molecule has 6 nitrogen and oxygen atoms in total. The second-order valence-electron chi connectivity index (χ2n) is 5.51. The third-order valence-electron chi connectivity index (χ3n) is 3.83. The molecule has 1 aliphatic rings. The van der Waals surface area contributed by atoms with Crippen LogP contribution in [0.5, 0.6) is 0 Å². The molecule has 0 aromatic heterocycles. The molecule has 1 aliphatic carbocycles. The number of carbonyl (C=O) groups is 3. The van der Waals surface area contributed by atoms with Gasteiger partial charge in [0, 0.05) is 18.4 Å². The lowest BCUT2D eigenvalue weighted by molar-refractivity contribution is -0.121. The van der Waals surface area contributed by atoms with E-state index in [1.807, 2.05) is 18.2 Å². The predicted molar refractivity (Wildman–Crippen MR) is 84.9 cm³/mol. The Hall–Kier alpha value is -2.37. The molecule has 2 amide bonds. The first kappa shape index (κ1) is 17.0. The number of fused-ring (bicyclic) bond motifs is 1. The van der Waals surface area contributed by atoms with Gasteiger partial charge in [-0.3, -0.25) is 15.0 Å². The van der Waals surface area contributed by atoms with Crippen LogP contribution in [-0.4, -0.2) is 24.4 Å². The maximum Gasteiger partial charge on any atom is 0.426 e. The zero-order chi connectivity index (χ0) is 16.7. The summed E-state index contributed by atoms with van der Waals surface area (Å²) in [5.41, 5.74) is 7.54. The third-order valence-corrected chi connectivity index (χ3v) is 3.83. The van der Waals surface area contributed by atoms with Crippen molar-refractivity contribution in [2.45, 2.75) is 45.4 Å². The lowest BCUT2D eigenvalue weighted by Crippen LogP contribution is -2.42. The highest BCUT2D eigenvalue weighted by molar-refractivity contribution is 5.98. The zero-order valence-corrected chi connectivity index (χ0v) is 13.3. The number of aryl methyl sites for hydroxylation is 2. The van der Waals surface area contributed by atoms with Crippen molar-refractivity contribution in [1.29, 1.82) is 0 Å². The minimum absolute atomic E-state index is 0.0162. The van der Waals surface area contributed by atoms with Crippen LogP contribution in [0.4, 0.5) is 4.79 Å². The Morgan fingerprint density at radius 3 is 2.52 bits per heavy atom. The quantitative estimate of drug-likeness (QED) is 0.644. The van der Waals surface area contributed by atoms with Crippen molar-refractivity contribution in [3.8, 4) is 0 Å². The fraction of sp³-hybridized carbons (Fsp3) is 0.471. The number of hydrogen-bond acceptors (Lipinski definition) is 4. The molecule has 1 aromatic carbocycles. The Labute approximate surface area is 135 Å². The van der Waals surface area contributed by atoms with Gasteiger partial charge in [-0.1, -0.05) is 12.1 Å². The van der Waals surface area contributed by atoms with Crippen LogP contribution in [-0.2, 0) is 22.4 Å². The first-order valence-corrected chi connectivity index (χ1v) is 7.96. The highest BCUT2D eigenvalue weighted by Crippen LogP contribution is 2.22. The molecule has 2 N–H and O–H groups in total. The molecule has 1 aromatic rings. The number of rotatable bonds is 5. The standard InChI is InChI=1S/C17H22N2O4/c1-2-23-17(22)19-18-16(21)10-9-15(20)14-8-7-12-5-3-4-6-13(12)11-14/h7-8,11H,2-6,9-10H2,1H3,(H,18,21)(H,19,22). The monoisotopic (exact) mass is 318 g/mol. The van der Waals surface area contributed by atoms with Crippen LogP contribution in [0.25, 0.3) is 0 Å². The van der Waals surface area contributed by atoms with Crippen LogP contribution in [0.3, 0.4) is 0 Å². The highest BCUT2D eigenvalue weighted by atomic mass is 16.5. The van der Waals surface area contributed by atoms with E-state index in [1.54, 1.807) is 6.92 Å². The number of hydrazine groups is 1. The maximum atomic E-state index is 12.2. The summed E-state index contributed by atoms with van der Waals surface area (Å²) in [5.74, 6) is -0.492. The molecule has 124 valence electrons. The molecule has 2 rings (SSSR count). The van der Waals surface area contributed by atoms with Gasteiger partial charge in [-0.2, -0.15) is 0 Å². The molecule has 0 atom stereocenters. The molecule has 23 heavy (non-hydrogen) atoms. The molecule has 0 radical (unpaired) electrons. The van der Waals surface area contributed by atoms with Crippen molar-refractivity contribution in [1.82, 2.24) is 10.9 Å². The van der Waals surface area contributed by atoms with Crippen LogP contribution in [0.1, 0.15) is 54.1 Å². The molecule has 0 saturated carbocycles.